The lowest BCUT2D eigenvalue weighted by atomic mass is 10.2. The van der Waals surface area contributed by atoms with Gasteiger partial charge in [-0.3, -0.25) is 13.7 Å². The Morgan fingerprint density at radius 2 is 1.76 bits per heavy atom. The molecule has 2 heterocycles. The molecule has 0 aliphatic rings. The van der Waals surface area contributed by atoms with E-state index in [4.69, 9.17) is 27.9 Å². The Morgan fingerprint density at radius 3 is 2.35 bits per heavy atom. The van der Waals surface area contributed by atoms with Crippen LogP contribution in [0.15, 0.2) is 71.0 Å². The molecular formula is C25H24Cl2N4O4S2. The van der Waals surface area contributed by atoms with Crippen LogP contribution in [0, 0.1) is 0 Å². The lowest BCUT2D eigenvalue weighted by Gasteiger charge is -2.26. The summed E-state index contributed by atoms with van der Waals surface area (Å²) in [4.78, 5) is 21.4. The topological polar surface area (TPSA) is 94.4 Å². The molecule has 0 saturated carbocycles. The second kappa shape index (κ2) is 10.5. The molecule has 0 spiro atoms. The van der Waals surface area contributed by atoms with Crippen LogP contribution in [-0.4, -0.2) is 47.3 Å². The minimum atomic E-state index is -4.24. The second-order valence-electron chi connectivity index (χ2n) is 9.05. The molecule has 0 aliphatic heterocycles. The number of aromatic nitrogens is 3. The molecule has 4 aromatic rings. The third kappa shape index (κ3) is 6.20. The van der Waals surface area contributed by atoms with Gasteiger partial charge >= 0.3 is 5.97 Å². The number of anilines is 1. The van der Waals surface area contributed by atoms with Crippen LogP contribution in [0.3, 0.4) is 0 Å². The monoisotopic (exact) mass is 578 g/mol. The lowest BCUT2D eigenvalue weighted by molar-refractivity contribution is -0.152. The van der Waals surface area contributed by atoms with E-state index in [0.717, 1.165) is 20.2 Å². The minimum Gasteiger partial charge on any atom is -0.459 e. The number of carbonyl (C=O) groups is 1. The summed E-state index contributed by atoms with van der Waals surface area (Å²) in [6.45, 7) is 4.59. The zero-order valence-electron chi connectivity index (χ0n) is 20.5. The average molecular weight is 580 g/mol. The van der Waals surface area contributed by atoms with Crippen molar-refractivity contribution in [2.75, 3.05) is 17.1 Å². The van der Waals surface area contributed by atoms with Gasteiger partial charge in [0.15, 0.2) is 5.82 Å². The van der Waals surface area contributed by atoms with Gasteiger partial charge < -0.3 is 4.74 Å². The third-order valence-corrected chi connectivity index (χ3v) is 7.97. The maximum Gasteiger partial charge on any atom is 0.327 e. The summed E-state index contributed by atoms with van der Waals surface area (Å²) in [5, 5.41) is 1.85. The predicted octanol–water partition coefficient (Wildman–Crippen LogP) is 5.99. The number of sulfonamides is 1. The maximum absolute atomic E-state index is 13.7. The summed E-state index contributed by atoms with van der Waals surface area (Å²) >= 11 is 13.7. The predicted molar refractivity (Wildman–Crippen MR) is 147 cm³/mol. The van der Waals surface area contributed by atoms with Gasteiger partial charge in [0.2, 0.25) is 0 Å². The Labute approximate surface area is 229 Å². The average Bonchev–Trinajstić information content (AvgIpc) is 3.24. The molecule has 2 aromatic carbocycles. The van der Waals surface area contributed by atoms with Crippen molar-refractivity contribution >= 4 is 67.5 Å². The Balaban J connectivity index is 1.78. The van der Waals surface area contributed by atoms with Crippen molar-refractivity contribution in [3.63, 3.8) is 0 Å². The van der Waals surface area contributed by atoms with Crippen LogP contribution in [0.5, 0.6) is 0 Å². The van der Waals surface area contributed by atoms with Crippen molar-refractivity contribution in [2.45, 2.75) is 36.3 Å². The van der Waals surface area contributed by atoms with Gasteiger partial charge in [-0.2, -0.15) is 0 Å². The summed E-state index contributed by atoms with van der Waals surface area (Å²) in [7, 11) is -4.24. The Hall–Kier alpha value is -2.79. The summed E-state index contributed by atoms with van der Waals surface area (Å²) in [5.74, 6) is -0.0848. The molecule has 0 fully saturated rings. The first-order chi connectivity index (χ1) is 17.4. The normalized spacial score (nSPS) is 12.1. The Bertz CT molecular complexity index is 1550. The number of esters is 1. The standard InChI is InChI=1S/C25H24Cl2N4O4S2/c1-25(2,3)35-24(32)15-31(37(33,34)20-11-17(26)10-18(27)12-20)19-5-6-21-16(9-19)7-8-30(21)22-13-29-23(36-4)14-28-22/h5-14H,15H2,1-4H3. The van der Waals surface area contributed by atoms with Gasteiger partial charge in [0.25, 0.3) is 10.0 Å². The van der Waals surface area contributed by atoms with Crippen molar-refractivity contribution in [1.82, 2.24) is 14.5 Å². The van der Waals surface area contributed by atoms with E-state index in [1.165, 1.54) is 30.0 Å². The van der Waals surface area contributed by atoms with Crippen LogP contribution in [0.4, 0.5) is 5.69 Å². The van der Waals surface area contributed by atoms with E-state index in [-0.39, 0.29) is 20.6 Å². The van der Waals surface area contributed by atoms with Crippen molar-refractivity contribution < 1.29 is 17.9 Å². The van der Waals surface area contributed by atoms with Crippen molar-refractivity contribution in [2.24, 2.45) is 0 Å². The molecule has 0 N–H and O–H groups in total. The van der Waals surface area contributed by atoms with Crippen LogP contribution in [0.2, 0.25) is 10.0 Å². The SMILES string of the molecule is CSc1cnc(-n2ccc3cc(N(CC(=O)OC(C)(C)C)S(=O)(=O)c4cc(Cl)cc(Cl)c4)ccc32)cn1. The molecule has 0 saturated heterocycles. The molecule has 0 aliphatic carbocycles. The molecule has 0 radical (unpaired) electrons. The van der Waals surface area contributed by atoms with E-state index in [0.29, 0.717) is 5.82 Å². The smallest absolute Gasteiger partial charge is 0.327 e. The quantitative estimate of drug-likeness (QED) is 0.196. The minimum absolute atomic E-state index is 0.143. The van der Waals surface area contributed by atoms with Gasteiger partial charge in [0, 0.05) is 21.6 Å². The second-order valence-corrected chi connectivity index (χ2v) is 12.6. The number of halogens is 2. The van der Waals surface area contributed by atoms with E-state index in [9.17, 15) is 13.2 Å². The highest BCUT2D eigenvalue weighted by atomic mass is 35.5. The molecule has 4 rings (SSSR count). The van der Waals surface area contributed by atoms with Crippen LogP contribution >= 0.6 is 35.0 Å². The maximum atomic E-state index is 13.7. The zero-order chi connectivity index (χ0) is 27.0. The number of nitrogens with zero attached hydrogens (tertiary/aromatic N) is 4. The summed E-state index contributed by atoms with van der Waals surface area (Å²) in [6.07, 6.45) is 7.10. The number of hydrogen-bond acceptors (Lipinski definition) is 7. The van der Waals surface area contributed by atoms with E-state index in [1.807, 2.05) is 23.1 Å². The molecule has 0 amide bonds. The summed E-state index contributed by atoms with van der Waals surface area (Å²) in [6, 6.07) is 10.9. The fourth-order valence-corrected chi connectivity index (χ4v) is 6.08. The first-order valence-electron chi connectivity index (χ1n) is 11.1. The first kappa shape index (κ1) is 27.3. The number of ether oxygens (including phenoxy) is 1. The summed E-state index contributed by atoms with van der Waals surface area (Å²) < 4.78 is 35.7. The summed E-state index contributed by atoms with van der Waals surface area (Å²) in [5.41, 5.74) is 0.270. The first-order valence-corrected chi connectivity index (χ1v) is 14.5. The van der Waals surface area contributed by atoms with E-state index >= 15 is 0 Å². The molecule has 0 unspecified atom stereocenters. The molecule has 0 atom stereocenters. The molecule has 2 aromatic heterocycles. The number of fused-ring (bicyclic) bond motifs is 1. The highest BCUT2D eigenvalue weighted by Crippen LogP contribution is 2.31. The molecular weight excluding hydrogens is 555 g/mol. The van der Waals surface area contributed by atoms with Crippen LogP contribution in [0.25, 0.3) is 16.7 Å². The number of benzene rings is 2. The molecule has 37 heavy (non-hydrogen) atoms. The van der Waals surface area contributed by atoms with Gasteiger partial charge in [-0.1, -0.05) is 23.2 Å². The fraction of sp³-hybridized carbons (Fsp3) is 0.240. The van der Waals surface area contributed by atoms with Gasteiger partial charge in [0.1, 0.15) is 17.2 Å². The van der Waals surface area contributed by atoms with Gasteiger partial charge in [-0.25, -0.2) is 18.4 Å². The van der Waals surface area contributed by atoms with Crippen molar-refractivity contribution in [3.8, 4) is 5.82 Å². The van der Waals surface area contributed by atoms with E-state index in [1.54, 1.807) is 51.4 Å². The van der Waals surface area contributed by atoms with E-state index in [2.05, 4.69) is 9.97 Å². The number of hydrogen-bond donors (Lipinski definition) is 0. The highest BCUT2D eigenvalue weighted by Gasteiger charge is 2.30. The van der Waals surface area contributed by atoms with Gasteiger partial charge in [0.05, 0.1) is 28.5 Å². The largest absolute Gasteiger partial charge is 0.459 e. The Kier molecular flexibility index (Phi) is 7.75. The van der Waals surface area contributed by atoms with Crippen molar-refractivity contribution in [1.29, 1.82) is 0 Å². The van der Waals surface area contributed by atoms with Crippen molar-refractivity contribution in [3.05, 3.63) is 71.1 Å². The third-order valence-electron chi connectivity index (χ3n) is 5.15. The number of thioether (sulfide) groups is 1. The number of carbonyl (C=O) groups excluding carboxylic acids is 1. The Morgan fingerprint density at radius 1 is 1.05 bits per heavy atom. The van der Waals surface area contributed by atoms with E-state index < -0.39 is 28.1 Å². The highest BCUT2D eigenvalue weighted by molar-refractivity contribution is 7.98. The molecule has 12 heteroatoms. The van der Waals surface area contributed by atoms with Gasteiger partial charge in [-0.15, -0.1) is 11.8 Å². The zero-order valence-corrected chi connectivity index (χ0v) is 23.6. The van der Waals surface area contributed by atoms with Crippen LogP contribution in [-0.2, 0) is 19.6 Å². The molecule has 0 bridgehead atoms. The molecule has 8 nitrogen and oxygen atoms in total. The van der Waals surface area contributed by atoms with Crippen LogP contribution in [0.1, 0.15) is 20.8 Å². The number of rotatable bonds is 7. The van der Waals surface area contributed by atoms with Crippen LogP contribution < -0.4 is 4.31 Å². The molecule has 194 valence electrons. The fourth-order valence-electron chi connectivity index (χ4n) is 3.63. The lowest BCUT2D eigenvalue weighted by Crippen LogP contribution is -2.39. The van der Waals surface area contributed by atoms with Gasteiger partial charge in [-0.05, 0) is 69.5 Å².